The third-order valence-corrected chi connectivity index (χ3v) is 4.88. The van der Waals surface area contributed by atoms with Crippen molar-refractivity contribution >= 4 is 46.4 Å². The molecule has 0 aliphatic carbocycles. The summed E-state index contributed by atoms with van der Waals surface area (Å²) in [5.74, 6) is -1.17. The van der Waals surface area contributed by atoms with Crippen LogP contribution in [0.1, 0.15) is 24.2 Å². The van der Waals surface area contributed by atoms with Gasteiger partial charge in [-0.3, -0.25) is 9.59 Å². The summed E-state index contributed by atoms with van der Waals surface area (Å²) in [6.45, 7) is 3.25. The van der Waals surface area contributed by atoms with Gasteiger partial charge in [0.1, 0.15) is 5.75 Å². The Balaban J connectivity index is 1.64. The molecule has 0 atom stereocenters. The highest BCUT2D eigenvalue weighted by molar-refractivity contribution is 6.31. The zero-order valence-electron chi connectivity index (χ0n) is 16.7. The fraction of sp³-hybridized carbons (Fsp3) is 0.130. The van der Waals surface area contributed by atoms with Gasteiger partial charge in [0.25, 0.3) is 11.8 Å². The number of halogens is 3. The van der Waals surface area contributed by atoms with Gasteiger partial charge in [0.05, 0.1) is 10.7 Å². The molecule has 0 aromatic heterocycles. The van der Waals surface area contributed by atoms with E-state index in [1.165, 1.54) is 30.3 Å². The summed E-state index contributed by atoms with van der Waals surface area (Å²) < 4.78 is 19.8. The number of carbonyl (C=O) groups is 2. The highest BCUT2D eigenvalue weighted by atomic mass is 35.5. The molecule has 2 N–H and O–H groups in total. The summed E-state index contributed by atoms with van der Waals surface area (Å²) >= 11 is 11.6. The van der Waals surface area contributed by atoms with E-state index in [0.29, 0.717) is 16.5 Å². The van der Waals surface area contributed by atoms with Crippen molar-refractivity contribution in [1.82, 2.24) is 0 Å². The van der Waals surface area contributed by atoms with Crippen LogP contribution in [0, 0.1) is 5.82 Å². The zero-order chi connectivity index (χ0) is 22.6. The Hall–Kier alpha value is -3.09. The lowest BCUT2D eigenvalue weighted by molar-refractivity contribution is -0.128. The highest BCUT2D eigenvalue weighted by Crippen LogP contribution is 2.24. The van der Waals surface area contributed by atoms with Crippen LogP contribution in [-0.4, -0.2) is 17.4 Å². The molecule has 5 nitrogen and oxygen atoms in total. The molecule has 0 unspecified atom stereocenters. The molecule has 2 amide bonds. The maximum absolute atomic E-state index is 14.0. The maximum Gasteiger partial charge on any atom is 0.267 e. The summed E-state index contributed by atoms with van der Waals surface area (Å²) in [6.07, 6.45) is 0. The topological polar surface area (TPSA) is 67.4 Å². The first kappa shape index (κ1) is 22.6. The van der Waals surface area contributed by atoms with Gasteiger partial charge in [-0.15, -0.1) is 0 Å². The van der Waals surface area contributed by atoms with Crippen molar-refractivity contribution in [3.05, 3.63) is 88.2 Å². The van der Waals surface area contributed by atoms with Crippen molar-refractivity contribution in [1.29, 1.82) is 0 Å². The monoisotopic (exact) mass is 460 g/mol. The predicted octanol–water partition coefficient (Wildman–Crippen LogP) is 6.18. The van der Waals surface area contributed by atoms with E-state index in [1.54, 1.807) is 50.2 Å². The molecule has 3 aromatic rings. The molecule has 31 heavy (non-hydrogen) atoms. The van der Waals surface area contributed by atoms with E-state index in [-0.39, 0.29) is 22.2 Å². The summed E-state index contributed by atoms with van der Waals surface area (Å²) in [7, 11) is 0. The number of anilines is 2. The molecular weight excluding hydrogens is 442 g/mol. The van der Waals surface area contributed by atoms with Crippen LogP contribution in [-0.2, 0) is 4.79 Å². The van der Waals surface area contributed by atoms with Crippen LogP contribution >= 0.6 is 23.2 Å². The fourth-order valence-electron chi connectivity index (χ4n) is 2.62. The van der Waals surface area contributed by atoms with Crippen LogP contribution in [0.25, 0.3) is 0 Å². The Morgan fingerprint density at radius 1 is 0.903 bits per heavy atom. The molecule has 0 saturated heterocycles. The van der Waals surface area contributed by atoms with Gasteiger partial charge in [-0.25, -0.2) is 4.39 Å². The Kier molecular flexibility index (Phi) is 6.83. The lowest BCUT2D eigenvalue weighted by Gasteiger charge is -2.25. The third-order valence-electron chi connectivity index (χ3n) is 4.34. The fourth-order valence-corrected chi connectivity index (χ4v) is 2.93. The molecule has 0 spiro atoms. The number of carbonyl (C=O) groups excluding carboxylic acids is 2. The first-order valence-corrected chi connectivity index (χ1v) is 10.0. The molecule has 0 aliphatic rings. The number of benzene rings is 3. The van der Waals surface area contributed by atoms with Gasteiger partial charge in [0.2, 0.25) is 0 Å². The SMILES string of the molecule is CC(C)(Oc1ccc(C(=O)Nc2cccc(Cl)c2F)cc1)C(=O)Nc1ccc(Cl)cc1. The Bertz CT molecular complexity index is 1100. The van der Waals surface area contributed by atoms with E-state index >= 15 is 0 Å². The van der Waals surface area contributed by atoms with E-state index in [2.05, 4.69) is 10.6 Å². The van der Waals surface area contributed by atoms with E-state index in [1.807, 2.05) is 0 Å². The van der Waals surface area contributed by atoms with Crippen LogP contribution < -0.4 is 15.4 Å². The van der Waals surface area contributed by atoms with Crippen molar-refractivity contribution in [2.75, 3.05) is 10.6 Å². The van der Waals surface area contributed by atoms with E-state index in [9.17, 15) is 14.0 Å². The van der Waals surface area contributed by atoms with Crippen molar-refractivity contribution in [2.24, 2.45) is 0 Å². The third kappa shape index (κ3) is 5.75. The molecular formula is C23H19Cl2FN2O3. The largest absolute Gasteiger partial charge is 0.478 e. The summed E-state index contributed by atoms with van der Waals surface area (Å²) in [4.78, 5) is 25.0. The number of rotatable bonds is 6. The Morgan fingerprint density at radius 2 is 1.55 bits per heavy atom. The number of amides is 2. The quantitative estimate of drug-likeness (QED) is 0.461. The van der Waals surface area contributed by atoms with Gasteiger partial charge >= 0.3 is 0 Å². The minimum atomic E-state index is -1.19. The second-order valence-corrected chi connectivity index (χ2v) is 8.00. The molecule has 8 heteroatoms. The molecule has 0 aliphatic heterocycles. The minimum Gasteiger partial charge on any atom is -0.478 e. The van der Waals surface area contributed by atoms with Gasteiger partial charge in [-0.1, -0.05) is 29.3 Å². The van der Waals surface area contributed by atoms with Gasteiger partial charge < -0.3 is 15.4 Å². The number of hydrogen-bond acceptors (Lipinski definition) is 3. The smallest absolute Gasteiger partial charge is 0.267 e. The summed E-state index contributed by atoms with van der Waals surface area (Å²) in [5.41, 5.74) is -0.327. The van der Waals surface area contributed by atoms with Crippen LogP contribution in [0.4, 0.5) is 15.8 Å². The maximum atomic E-state index is 14.0. The molecule has 0 saturated carbocycles. The summed E-state index contributed by atoms with van der Waals surface area (Å²) in [5, 5.41) is 5.72. The van der Waals surface area contributed by atoms with Gasteiger partial charge in [-0.2, -0.15) is 0 Å². The zero-order valence-corrected chi connectivity index (χ0v) is 18.2. The molecule has 3 rings (SSSR count). The van der Waals surface area contributed by atoms with Crippen molar-refractivity contribution in [3.63, 3.8) is 0 Å². The molecule has 0 heterocycles. The van der Waals surface area contributed by atoms with Crippen LogP contribution in [0.3, 0.4) is 0 Å². The van der Waals surface area contributed by atoms with Gasteiger partial charge in [0.15, 0.2) is 11.4 Å². The average Bonchev–Trinajstić information content (AvgIpc) is 2.73. The van der Waals surface area contributed by atoms with E-state index in [0.717, 1.165) is 0 Å². The predicted molar refractivity (Wildman–Crippen MR) is 121 cm³/mol. The van der Waals surface area contributed by atoms with Crippen molar-refractivity contribution in [3.8, 4) is 5.75 Å². The molecule has 0 bridgehead atoms. The lowest BCUT2D eigenvalue weighted by atomic mass is 10.1. The van der Waals surface area contributed by atoms with Crippen LogP contribution in [0.15, 0.2) is 66.7 Å². The lowest BCUT2D eigenvalue weighted by Crippen LogP contribution is -2.42. The van der Waals surface area contributed by atoms with E-state index in [4.69, 9.17) is 27.9 Å². The highest BCUT2D eigenvalue weighted by Gasteiger charge is 2.30. The number of ether oxygens (including phenoxy) is 1. The average molecular weight is 461 g/mol. The van der Waals surface area contributed by atoms with Crippen molar-refractivity contribution < 1.29 is 18.7 Å². The molecule has 0 fully saturated rings. The molecule has 3 aromatic carbocycles. The standard InChI is InChI=1S/C23H19Cl2FN2O3/c1-23(2,22(30)27-16-10-8-15(24)9-11-16)31-17-12-6-14(7-13-17)21(29)28-19-5-3-4-18(25)20(19)26/h3-13H,1-2H3,(H,27,30)(H,28,29). The van der Waals surface area contributed by atoms with Crippen LogP contribution in [0.2, 0.25) is 10.0 Å². The second kappa shape index (κ2) is 9.37. The molecule has 0 radical (unpaired) electrons. The van der Waals surface area contributed by atoms with Crippen LogP contribution in [0.5, 0.6) is 5.75 Å². The van der Waals surface area contributed by atoms with Gasteiger partial charge in [-0.05, 0) is 74.5 Å². The Labute approximate surface area is 189 Å². The molecule has 160 valence electrons. The first-order valence-electron chi connectivity index (χ1n) is 9.27. The van der Waals surface area contributed by atoms with E-state index < -0.39 is 17.3 Å². The first-order chi connectivity index (χ1) is 14.7. The Morgan fingerprint density at radius 3 is 2.19 bits per heavy atom. The second-order valence-electron chi connectivity index (χ2n) is 7.15. The normalized spacial score (nSPS) is 11.0. The minimum absolute atomic E-state index is 0.0159. The van der Waals surface area contributed by atoms with Gasteiger partial charge in [0, 0.05) is 16.3 Å². The van der Waals surface area contributed by atoms with Crippen molar-refractivity contribution in [2.45, 2.75) is 19.4 Å². The summed E-state index contributed by atoms with van der Waals surface area (Å²) in [6, 6.07) is 17.2. The number of nitrogens with one attached hydrogen (secondary N) is 2. The number of hydrogen-bond donors (Lipinski definition) is 2.